The van der Waals surface area contributed by atoms with Crippen LogP contribution in [0.25, 0.3) is 0 Å². The van der Waals surface area contributed by atoms with Crippen LogP contribution in [0.15, 0.2) is 97.1 Å². The van der Waals surface area contributed by atoms with Crippen LogP contribution >= 0.6 is 0 Å². The van der Waals surface area contributed by atoms with Gasteiger partial charge in [-0.15, -0.1) is 0 Å². The van der Waals surface area contributed by atoms with E-state index in [1.165, 1.54) is 24.3 Å². The van der Waals surface area contributed by atoms with Gasteiger partial charge in [0.15, 0.2) is 0 Å². The predicted molar refractivity (Wildman–Crippen MR) is 161 cm³/mol. The maximum Gasteiger partial charge on any atom is 0.269 e. The van der Waals surface area contributed by atoms with Crippen LogP contribution in [-0.4, -0.2) is 9.85 Å². The monoisotopic (exact) mass is 566 g/mol. The van der Waals surface area contributed by atoms with Crippen LogP contribution in [0.4, 0.5) is 11.4 Å². The minimum atomic E-state index is -0.472. The van der Waals surface area contributed by atoms with Crippen LogP contribution < -0.4 is 9.47 Å². The van der Waals surface area contributed by atoms with Gasteiger partial charge in [0.2, 0.25) is 0 Å². The van der Waals surface area contributed by atoms with Gasteiger partial charge in [0.25, 0.3) is 11.4 Å². The third kappa shape index (κ3) is 5.70. The van der Waals surface area contributed by atoms with Crippen molar-refractivity contribution in [3.63, 3.8) is 0 Å². The molecule has 2 unspecified atom stereocenters. The lowest BCUT2D eigenvalue weighted by atomic mass is 9.54. The normalized spacial score (nSPS) is 17.9. The van der Waals surface area contributed by atoms with Gasteiger partial charge < -0.3 is 9.47 Å². The van der Waals surface area contributed by atoms with Gasteiger partial charge in [0.1, 0.15) is 23.0 Å². The Morgan fingerprint density at radius 2 is 1.12 bits per heavy atom. The van der Waals surface area contributed by atoms with E-state index in [0.29, 0.717) is 34.8 Å². The smallest absolute Gasteiger partial charge is 0.269 e. The number of para-hydroxylation sites is 2. The molecule has 0 bridgehead atoms. The summed E-state index contributed by atoms with van der Waals surface area (Å²) >= 11 is 0. The standard InChI is InChI=1S/C34H34N2O6/c1-23(2)29-21-12-24(3)22-34(29,30-8-4-6-10-32(30)41-27-17-13-25(14-18-27)35(37)38)31-9-5-7-11-33(31)42-28-19-15-26(16-20-28)36(39)40/h4-11,13-20,23-24,29H,12,21-22H2,1-3H3. The highest BCUT2D eigenvalue weighted by atomic mass is 16.6. The van der Waals surface area contributed by atoms with Crippen LogP contribution in [-0.2, 0) is 5.41 Å². The molecule has 8 nitrogen and oxygen atoms in total. The Balaban J connectivity index is 1.66. The zero-order valence-electron chi connectivity index (χ0n) is 23.9. The van der Waals surface area contributed by atoms with Crippen molar-refractivity contribution in [3.8, 4) is 23.0 Å². The summed E-state index contributed by atoms with van der Waals surface area (Å²) in [5, 5.41) is 22.4. The molecule has 0 saturated heterocycles. The molecule has 42 heavy (non-hydrogen) atoms. The molecule has 5 rings (SSSR count). The van der Waals surface area contributed by atoms with Crippen molar-refractivity contribution in [2.24, 2.45) is 17.8 Å². The molecule has 0 N–H and O–H groups in total. The maximum atomic E-state index is 11.2. The van der Waals surface area contributed by atoms with E-state index in [0.717, 1.165) is 30.4 Å². The molecule has 1 aliphatic carbocycles. The molecular formula is C34H34N2O6. The average Bonchev–Trinajstić information content (AvgIpc) is 2.98. The molecule has 0 spiro atoms. The summed E-state index contributed by atoms with van der Waals surface area (Å²) in [6.07, 6.45) is 3.01. The Hall–Kier alpha value is -4.72. The summed E-state index contributed by atoms with van der Waals surface area (Å²) in [4.78, 5) is 21.5. The second kappa shape index (κ2) is 12.0. The lowest BCUT2D eigenvalue weighted by Gasteiger charge is -2.50. The van der Waals surface area contributed by atoms with Crippen LogP contribution in [0, 0.1) is 38.0 Å². The van der Waals surface area contributed by atoms with Gasteiger partial charge in [0, 0.05) is 40.8 Å². The zero-order valence-corrected chi connectivity index (χ0v) is 23.9. The first-order valence-electron chi connectivity index (χ1n) is 14.2. The minimum absolute atomic E-state index is 0.00500. The van der Waals surface area contributed by atoms with Crippen molar-refractivity contribution in [1.82, 2.24) is 0 Å². The van der Waals surface area contributed by atoms with E-state index in [2.05, 4.69) is 32.9 Å². The molecule has 0 radical (unpaired) electrons. The highest BCUT2D eigenvalue weighted by molar-refractivity contribution is 5.55. The highest BCUT2D eigenvalue weighted by Gasteiger charge is 2.49. The second-order valence-corrected chi connectivity index (χ2v) is 11.4. The first kappa shape index (κ1) is 28.8. The Morgan fingerprint density at radius 1 is 0.690 bits per heavy atom. The number of nitro benzene ring substituents is 2. The lowest BCUT2D eigenvalue weighted by molar-refractivity contribution is -0.385. The van der Waals surface area contributed by atoms with E-state index >= 15 is 0 Å². The first-order chi connectivity index (χ1) is 20.2. The number of hydrogen-bond acceptors (Lipinski definition) is 6. The topological polar surface area (TPSA) is 105 Å². The molecule has 4 aromatic carbocycles. The van der Waals surface area contributed by atoms with Crippen molar-refractivity contribution in [2.75, 3.05) is 0 Å². The van der Waals surface area contributed by atoms with Gasteiger partial charge in [0.05, 0.1) is 9.85 Å². The summed E-state index contributed by atoms with van der Waals surface area (Å²) < 4.78 is 12.9. The second-order valence-electron chi connectivity index (χ2n) is 11.4. The molecule has 2 atom stereocenters. The van der Waals surface area contributed by atoms with Crippen molar-refractivity contribution in [2.45, 2.75) is 45.4 Å². The van der Waals surface area contributed by atoms with Crippen LogP contribution in [0.3, 0.4) is 0 Å². The third-order valence-corrected chi connectivity index (χ3v) is 8.36. The molecule has 0 aromatic heterocycles. The molecule has 1 aliphatic rings. The molecule has 216 valence electrons. The van der Waals surface area contributed by atoms with Crippen molar-refractivity contribution >= 4 is 11.4 Å². The number of benzene rings is 4. The fourth-order valence-electron chi connectivity index (χ4n) is 6.55. The fourth-order valence-corrected chi connectivity index (χ4v) is 6.55. The number of hydrogen-bond donors (Lipinski definition) is 0. The molecule has 8 heteroatoms. The third-order valence-electron chi connectivity index (χ3n) is 8.36. The Labute approximate surface area is 245 Å². The molecule has 0 heterocycles. The SMILES string of the molecule is CC1CCC(C(C)C)C(c2ccccc2Oc2ccc([N+](=O)[O-])cc2)(c2ccccc2Oc2ccc([N+](=O)[O-])cc2)C1. The fraction of sp³-hybridized carbons (Fsp3) is 0.294. The van der Waals surface area contributed by atoms with Crippen LogP contribution in [0.1, 0.15) is 51.2 Å². The molecular weight excluding hydrogens is 532 g/mol. The minimum Gasteiger partial charge on any atom is -0.457 e. The van der Waals surface area contributed by atoms with Gasteiger partial charge in [-0.25, -0.2) is 0 Å². The summed E-state index contributed by atoms with van der Waals surface area (Å²) in [6, 6.07) is 28.3. The van der Waals surface area contributed by atoms with Gasteiger partial charge in [-0.2, -0.15) is 0 Å². The van der Waals surface area contributed by atoms with Gasteiger partial charge >= 0.3 is 0 Å². The number of nitrogens with zero attached hydrogens (tertiary/aromatic N) is 2. The lowest BCUT2D eigenvalue weighted by Crippen LogP contribution is -2.44. The molecule has 0 amide bonds. The summed E-state index contributed by atoms with van der Waals surface area (Å²) in [6.45, 7) is 6.80. The van der Waals surface area contributed by atoms with E-state index in [1.54, 1.807) is 24.3 Å². The van der Waals surface area contributed by atoms with E-state index in [-0.39, 0.29) is 17.3 Å². The molecule has 4 aromatic rings. The van der Waals surface area contributed by atoms with Gasteiger partial charge in [-0.1, -0.05) is 63.6 Å². The van der Waals surface area contributed by atoms with E-state index in [9.17, 15) is 20.2 Å². The number of non-ortho nitro benzene ring substituents is 2. The summed E-state index contributed by atoms with van der Waals surface area (Å²) in [5.74, 6) is 3.45. The average molecular weight is 567 g/mol. The molecule has 1 saturated carbocycles. The van der Waals surface area contributed by atoms with E-state index < -0.39 is 15.3 Å². The Bertz CT molecular complexity index is 1460. The molecule has 0 aliphatic heterocycles. The van der Waals surface area contributed by atoms with Crippen molar-refractivity contribution < 1.29 is 19.3 Å². The van der Waals surface area contributed by atoms with Gasteiger partial charge in [-0.3, -0.25) is 20.2 Å². The summed E-state index contributed by atoms with van der Waals surface area (Å²) in [5.41, 5.74) is 1.61. The number of rotatable bonds is 9. The largest absolute Gasteiger partial charge is 0.457 e. The predicted octanol–water partition coefficient (Wildman–Crippen LogP) is 9.47. The van der Waals surface area contributed by atoms with E-state index in [4.69, 9.17) is 9.47 Å². The number of ether oxygens (including phenoxy) is 2. The highest BCUT2D eigenvalue weighted by Crippen LogP contribution is 2.57. The Kier molecular flexibility index (Phi) is 8.24. The van der Waals surface area contributed by atoms with Crippen LogP contribution in [0.2, 0.25) is 0 Å². The Morgan fingerprint density at radius 3 is 1.52 bits per heavy atom. The van der Waals surface area contributed by atoms with E-state index in [1.807, 2.05) is 36.4 Å². The zero-order chi connectivity index (χ0) is 29.9. The van der Waals surface area contributed by atoms with Crippen molar-refractivity contribution in [3.05, 3.63) is 128 Å². The van der Waals surface area contributed by atoms with Crippen LogP contribution in [0.5, 0.6) is 23.0 Å². The maximum absolute atomic E-state index is 11.2. The quantitative estimate of drug-likeness (QED) is 0.148. The number of nitro groups is 2. The summed E-state index contributed by atoms with van der Waals surface area (Å²) in [7, 11) is 0. The first-order valence-corrected chi connectivity index (χ1v) is 14.2. The van der Waals surface area contributed by atoms with Gasteiger partial charge in [-0.05, 0) is 67.0 Å². The van der Waals surface area contributed by atoms with Crippen molar-refractivity contribution in [1.29, 1.82) is 0 Å². The molecule has 1 fully saturated rings.